The second kappa shape index (κ2) is 10.1. The minimum absolute atomic E-state index is 0.104. The van der Waals surface area contributed by atoms with Crippen molar-refractivity contribution < 1.29 is 19.1 Å². The van der Waals surface area contributed by atoms with Crippen LogP contribution in [0.1, 0.15) is 69.2 Å². The zero-order chi connectivity index (χ0) is 19.8. The SMILES string of the molecule is CCCCC1CCC(C(=O)O[C@@H](C)C(=O)Nc2ccc(C(N)=O)cc2)CC1. The van der Waals surface area contributed by atoms with Gasteiger partial charge >= 0.3 is 5.97 Å². The molecule has 3 N–H and O–H groups in total. The smallest absolute Gasteiger partial charge is 0.309 e. The van der Waals surface area contributed by atoms with Gasteiger partial charge in [-0.25, -0.2) is 0 Å². The van der Waals surface area contributed by atoms with E-state index in [0.717, 1.165) is 31.6 Å². The second-order valence-corrected chi connectivity index (χ2v) is 7.37. The summed E-state index contributed by atoms with van der Waals surface area (Å²) in [6.45, 7) is 3.76. The molecule has 0 radical (unpaired) electrons. The van der Waals surface area contributed by atoms with Crippen molar-refractivity contribution in [3.63, 3.8) is 0 Å². The van der Waals surface area contributed by atoms with Crippen LogP contribution in [0.15, 0.2) is 24.3 Å². The number of hydrogen-bond acceptors (Lipinski definition) is 4. The Bertz CT molecular complexity index is 649. The first-order valence-corrected chi connectivity index (χ1v) is 9.82. The Morgan fingerprint density at radius 1 is 1.15 bits per heavy atom. The summed E-state index contributed by atoms with van der Waals surface area (Å²) in [5.41, 5.74) is 6.07. The van der Waals surface area contributed by atoms with Gasteiger partial charge in [0.2, 0.25) is 5.91 Å². The maximum Gasteiger partial charge on any atom is 0.309 e. The number of nitrogens with one attached hydrogen (secondary N) is 1. The molecule has 1 aliphatic carbocycles. The summed E-state index contributed by atoms with van der Waals surface area (Å²) < 4.78 is 5.38. The minimum atomic E-state index is -0.869. The zero-order valence-corrected chi connectivity index (χ0v) is 16.2. The number of anilines is 1. The average Bonchev–Trinajstić information content (AvgIpc) is 2.67. The van der Waals surface area contributed by atoms with Gasteiger partial charge in [0.15, 0.2) is 6.10 Å². The molecular weight excluding hydrogens is 344 g/mol. The van der Waals surface area contributed by atoms with Crippen LogP contribution >= 0.6 is 0 Å². The molecule has 0 spiro atoms. The van der Waals surface area contributed by atoms with Gasteiger partial charge in [-0.2, -0.15) is 0 Å². The summed E-state index contributed by atoms with van der Waals surface area (Å²) in [5.74, 6) is -0.590. The fourth-order valence-corrected chi connectivity index (χ4v) is 3.47. The molecule has 6 heteroatoms. The number of esters is 1. The molecule has 0 bridgehead atoms. The zero-order valence-electron chi connectivity index (χ0n) is 16.2. The molecule has 1 atom stereocenters. The van der Waals surface area contributed by atoms with Gasteiger partial charge in [-0.3, -0.25) is 14.4 Å². The predicted molar refractivity (Wildman–Crippen MR) is 104 cm³/mol. The van der Waals surface area contributed by atoms with Crippen LogP contribution in [-0.4, -0.2) is 23.9 Å². The van der Waals surface area contributed by atoms with Crippen LogP contribution in [-0.2, 0) is 14.3 Å². The van der Waals surface area contributed by atoms with E-state index in [1.807, 2.05) is 0 Å². The summed E-state index contributed by atoms with van der Waals surface area (Å²) in [7, 11) is 0. The topological polar surface area (TPSA) is 98.5 Å². The lowest BCUT2D eigenvalue weighted by atomic mass is 9.80. The number of carbonyl (C=O) groups excluding carboxylic acids is 3. The van der Waals surface area contributed by atoms with Crippen LogP contribution in [0.25, 0.3) is 0 Å². The van der Waals surface area contributed by atoms with Crippen LogP contribution in [0.2, 0.25) is 0 Å². The van der Waals surface area contributed by atoms with E-state index in [2.05, 4.69) is 12.2 Å². The minimum Gasteiger partial charge on any atom is -0.452 e. The molecule has 148 valence electrons. The van der Waals surface area contributed by atoms with Crippen LogP contribution in [0.4, 0.5) is 5.69 Å². The fraction of sp³-hybridized carbons (Fsp3) is 0.571. The van der Waals surface area contributed by atoms with Crippen molar-refractivity contribution in [2.45, 2.75) is 64.9 Å². The summed E-state index contributed by atoms with van der Waals surface area (Å²) in [6.07, 6.45) is 6.64. The number of benzene rings is 1. The molecule has 2 rings (SSSR count). The van der Waals surface area contributed by atoms with Gasteiger partial charge in [0.25, 0.3) is 5.91 Å². The van der Waals surface area contributed by atoms with Crippen molar-refractivity contribution in [2.24, 2.45) is 17.6 Å². The Morgan fingerprint density at radius 3 is 2.33 bits per heavy atom. The highest BCUT2D eigenvalue weighted by atomic mass is 16.5. The molecule has 1 aromatic rings. The highest BCUT2D eigenvalue weighted by Crippen LogP contribution is 2.32. The molecule has 6 nitrogen and oxygen atoms in total. The lowest BCUT2D eigenvalue weighted by molar-refractivity contribution is -0.158. The lowest BCUT2D eigenvalue weighted by Gasteiger charge is -2.28. The number of carbonyl (C=O) groups is 3. The monoisotopic (exact) mass is 374 g/mol. The van der Waals surface area contributed by atoms with Crippen molar-refractivity contribution in [2.75, 3.05) is 5.32 Å². The van der Waals surface area contributed by atoms with Gasteiger partial charge in [0.05, 0.1) is 5.92 Å². The highest BCUT2D eigenvalue weighted by Gasteiger charge is 2.29. The lowest BCUT2D eigenvalue weighted by Crippen LogP contribution is -2.33. The summed E-state index contributed by atoms with van der Waals surface area (Å²) in [6, 6.07) is 6.24. The maximum absolute atomic E-state index is 12.4. The first kappa shape index (κ1) is 20.9. The van der Waals surface area contributed by atoms with E-state index in [0.29, 0.717) is 11.3 Å². The van der Waals surface area contributed by atoms with Gasteiger partial charge in [0.1, 0.15) is 0 Å². The van der Waals surface area contributed by atoms with Crippen LogP contribution in [0, 0.1) is 11.8 Å². The third kappa shape index (κ3) is 6.38. The Kier molecular flexibility index (Phi) is 7.82. The van der Waals surface area contributed by atoms with E-state index in [4.69, 9.17) is 10.5 Å². The average molecular weight is 374 g/mol. The van der Waals surface area contributed by atoms with Gasteiger partial charge in [-0.1, -0.05) is 26.2 Å². The third-order valence-electron chi connectivity index (χ3n) is 5.25. The summed E-state index contributed by atoms with van der Waals surface area (Å²) >= 11 is 0. The second-order valence-electron chi connectivity index (χ2n) is 7.37. The number of rotatable bonds is 8. The molecule has 2 amide bonds. The van der Waals surface area contributed by atoms with E-state index < -0.39 is 17.9 Å². The number of ether oxygens (including phenoxy) is 1. The molecule has 0 unspecified atom stereocenters. The normalized spacial score (nSPS) is 20.5. The Balaban J connectivity index is 1.78. The van der Waals surface area contributed by atoms with Gasteiger partial charge in [-0.15, -0.1) is 0 Å². The Hall–Kier alpha value is -2.37. The quantitative estimate of drug-likeness (QED) is 0.679. The van der Waals surface area contributed by atoms with Crippen LogP contribution < -0.4 is 11.1 Å². The molecule has 1 aliphatic rings. The largest absolute Gasteiger partial charge is 0.452 e. The standard InChI is InChI=1S/C21H30N2O4/c1-3-4-5-15-6-8-17(9-7-15)21(26)27-14(2)20(25)23-18-12-10-16(11-13-18)19(22)24/h10-15,17H,3-9H2,1-2H3,(H2,22,24)(H,23,25)/t14-,15?,17?/m0/s1. The molecule has 1 aromatic carbocycles. The Morgan fingerprint density at radius 2 is 1.78 bits per heavy atom. The fourth-order valence-electron chi connectivity index (χ4n) is 3.47. The first-order valence-electron chi connectivity index (χ1n) is 9.82. The van der Waals surface area contributed by atoms with Crippen LogP contribution in [0.5, 0.6) is 0 Å². The van der Waals surface area contributed by atoms with Crippen molar-refractivity contribution in [1.82, 2.24) is 0 Å². The molecule has 27 heavy (non-hydrogen) atoms. The molecule has 0 aliphatic heterocycles. The van der Waals surface area contributed by atoms with E-state index in [1.54, 1.807) is 19.1 Å². The Labute approximate surface area is 160 Å². The number of amides is 2. The van der Waals surface area contributed by atoms with Crippen molar-refractivity contribution >= 4 is 23.5 Å². The van der Waals surface area contributed by atoms with Crippen molar-refractivity contribution in [3.8, 4) is 0 Å². The number of primary amides is 1. The highest BCUT2D eigenvalue weighted by molar-refractivity contribution is 5.96. The van der Waals surface area contributed by atoms with Gasteiger partial charge < -0.3 is 15.8 Å². The first-order chi connectivity index (χ1) is 12.9. The van der Waals surface area contributed by atoms with E-state index in [9.17, 15) is 14.4 Å². The van der Waals surface area contributed by atoms with E-state index >= 15 is 0 Å². The van der Waals surface area contributed by atoms with E-state index in [-0.39, 0.29) is 11.9 Å². The molecule has 1 saturated carbocycles. The van der Waals surface area contributed by atoms with Crippen LogP contribution in [0.3, 0.4) is 0 Å². The van der Waals surface area contributed by atoms with E-state index in [1.165, 1.54) is 31.4 Å². The van der Waals surface area contributed by atoms with Crippen molar-refractivity contribution in [3.05, 3.63) is 29.8 Å². The molecule has 0 heterocycles. The molecule has 1 fully saturated rings. The summed E-state index contributed by atoms with van der Waals surface area (Å²) in [5, 5.41) is 2.68. The number of nitrogens with two attached hydrogens (primary N) is 1. The predicted octanol–water partition coefficient (Wildman–Crippen LogP) is 3.65. The number of hydrogen-bond donors (Lipinski definition) is 2. The molecule has 0 aromatic heterocycles. The maximum atomic E-state index is 12.4. The molecular formula is C21H30N2O4. The van der Waals surface area contributed by atoms with Crippen molar-refractivity contribution in [1.29, 1.82) is 0 Å². The number of unbranched alkanes of at least 4 members (excludes halogenated alkanes) is 1. The van der Waals surface area contributed by atoms with Gasteiger partial charge in [-0.05, 0) is 62.8 Å². The third-order valence-corrected chi connectivity index (χ3v) is 5.25. The van der Waals surface area contributed by atoms with Gasteiger partial charge in [0, 0.05) is 11.3 Å². The summed E-state index contributed by atoms with van der Waals surface area (Å²) in [4.78, 5) is 35.7. The molecule has 0 saturated heterocycles.